The van der Waals surface area contributed by atoms with E-state index < -0.39 is 10.0 Å². The largest absolute Gasteiger partial charge is 0.399 e. The van der Waals surface area contributed by atoms with Crippen molar-refractivity contribution in [3.05, 3.63) is 25.3 Å². The van der Waals surface area contributed by atoms with Gasteiger partial charge in [0.1, 0.15) is 0 Å². The van der Waals surface area contributed by atoms with E-state index in [0.717, 1.165) is 13.2 Å². The molecule has 0 saturated carbocycles. The molecule has 0 aromatic heterocycles. The fraction of sp³-hybridized carbons (Fsp3) is 0.500. The second kappa shape index (κ2) is 16.3. The van der Waals surface area contributed by atoms with Crippen molar-refractivity contribution in [2.45, 2.75) is 13.8 Å². The number of hydrogen-bond acceptors (Lipinski definition) is 2. The molecule has 0 saturated heterocycles. The van der Waals surface area contributed by atoms with Gasteiger partial charge in [-0.05, 0) is 13.8 Å². The molecule has 0 aliphatic rings. The fourth-order valence-electron chi connectivity index (χ4n) is 0.226. The maximum atomic E-state index is 4.99. The zero-order valence-corrected chi connectivity index (χ0v) is 8.92. The van der Waals surface area contributed by atoms with Crippen molar-refractivity contribution < 1.29 is 8.85 Å². The third-order valence-corrected chi connectivity index (χ3v) is 1.89. The molecular weight excluding hydrogens is 156 g/mol. The van der Waals surface area contributed by atoms with Crippen molar-refractivity contribution in [2.75, 3.05) is 13.2 Å². The molecular formula is C8H18O2Si. The van der Waals surface area contributed by atoms with Crippen LogP contribution in [0.1, 0.15) is 13.8 Å². The third-order valence-electron chi connectivity index (χ3n) is 0.742. The summed E-state index contributed by atoms with van der Waals surface area (Å²) in [6, 6.07) is 0. The molecule has 0 heterocycles. The Balaban J connectivity index is 0. The molecule has 0 aromatic carbocycles. The van der Waals surface area contributed by atoms with E-state index in [-0.39, 0.29) is 0 Å². The van der Waals surface area contributed by atoms with Crippen LogP contribution in [0.5, 0.6) is 0 Å². The first-order valence-corrected chi connectivity index (χ1v) is 4.87. The van der Waals surface area contributed by atoms with Crippen LogP contribution in [-0.2, 0) is 8.85 Å². The summed E-state index contributed by atoms with van der Waals surface area (Å²) in [6.07, 6.45) is 3.28. The standard InChI is InChI=1S/C4H12O2Si.C4H6/c1-3-5-7-6-4-2;1-3-4-2/h3-4,7H2,1-2H3;3-4H,1-2H2. The molecule has 11 heavy (non-hydrogen) atoms. The van der Waals surface area contributed by atoms with Crippen molar-refractivity contribution in [1.82, 2.24) is 0 Å². The van der Waals surface area contributed by atoms with Crippen molar-refractivity contribution in [2.24, 2.45) is 0 Å². The van der Waals surface area contributed by atoms with E-state index in [1.165, 1.54) is 0 Å². The molecule has 0 aromatic rings. The monoisotopic (exact) mass is 174 g/mol. The minimum atomic E-state index is -0.589. The predicted octanol–water partition coefficient (Wildman–Crippen LogP) is 1.42. The summed E-state index contributed by atoms with van der Waals surface area (Å²) >= 11 is 0. The normalized spacial score (nSPS) is 7.82. The van der Waals surface area contributed by atoms with Crippen molar-refractivity contribution >= 4 is 10.0 Å². The van der Waals surface area contributed by atoms with E-state index in [9.17, 15) is 0 Å². The van der Waals surface area contributed by atoms with Gasteiger partial charge in [-0.15, -0.1) is 0 Å². The molecule has 0 atom stereocenters. The highest BCUT2D eigenvalue weighted by Crippen LogP contribution is 1.70. The lowest BCUT2D eigenvalue weighted by Gasteiger charge is -1.96. The summed E-state index contributed by atoms with van der Waals surface area (Å²) in [5.41, 5.74) is 0. The van der Waals surface area contributed by atoms with Crippen LogP contribution in [0.2, 0.25) is 0 Å². The summed E-state index contributed by atoms with van der Waals surface area (Å²) in [6.45, 7) is 12.3. The van der Waals surface area contributed by atoms with Crippen LogP contribution >= 0.6 is 0 Å². The van der Waals surface area contributed by atoms with Gasteiger partial charge < -0.3 is 8.85 Å². The minimum Gasteiger partial charge on any atom is -0.399 e. The number of hydrogen-bond donors (Lipinski definition) is 0. The van der Waals surface area contributed by atoms with Crippen LogP contribution < -0.4 is 0 Å². The van der Waals surface area contributed by atoms with Gasteiger partial charge in [-0.2, -0.15) is 0 Å². The second-order valence-corrected chi connectivity index (χ2v) is 2.63. The lowest BCUT2D eigenvalue weighted by Crippen LogP contribution is -2.02. The Morgan fingerprint density at radius 2 is 1.45 bits per heavy atom. The highest BCUT2D eigenvalue weighted by Gasteiger charge is 1.79. The SMILES string of the molecule is C=CC=C.CCO[SiH2]OCC. The lowest BCUT2D eigenvalue weighted by atomic mass is 10.6. The van der Waals surface area contributed by atoms with Crippen LogP contribution in [0.25, 0.3) is 0 Å². The predicted molar refractivity (Wildman–Crippen MR) is 52.2 cm³/mol. The van der Waals surface area contributed by atoms with Crippen LogP contribution in [-0.4, -0.2) is 23.2 Å². The lowest BCUT2D eigenvalue weighted by molar-refractivity contribution is 0.240. The summed E-state index contributed by atoms with van der Waals surface area (Å²) in [5.74, 6) is 0. The van der Waals surface area contributed by atoms with Gasteiger partial charge in [0.25, 0.3) is 0 Å². The van der Waals surface area contributed by atoms with Crippen molar-refractivity contribution in [1.29, 1.82) is 0 Å². The molecule has 0 radical (unpaired) electrons. The van der Waals surface area contributed by atoms with Crippen LogP contribution in [0.4, 0.5) is 0 Å². The van der Waals surface area contributed by atoms with E-state index in [0.29, 0.717) is 0 Å². The average molecular weight is 174 g/mol. The maximum Gasteiger partial charge on any atom is 0.304 e. The zero-order valence-electron chi connectivity index (χ0n) is 7.51. The highest BCUT2D eigenvalue weighted by molar-refractivity contribution is 6.17. The van der Waals surface area contributed by atoms with Gasteiger partial charge in [0.05, 0.1) is 0 Å². The second-order valence-electron chi connectivity index (χ2n) is 1.57. The van der Waals surface area contributed by atoms with Crippen LogP contribution in [0, 0.1) is 0 Å². The molecule has 0 amide bonds. The summed E-state index contributed by atoms with van der Waals surface area (Å²) in [4.78, 5) is 0. The first-order valence-electron chi connectivity index (χ1n) is 3.72. The first kappa shape index (κ1) is 13.2. The van der Waals surface area contributed by atoms with Gasteiger partial charge in [0.15, 0.2) is 0 Å². The third kappa shape index (κ3) is 26.2. The molecule has 3 heteroatoms. The highest BCUT2D eigenvalue weighted by atomic mass is 28.3. The molecule has 0 unspecified atom stereocenters. The Morgan fingerprint density at radius 3 is 1.64 bits per heavy atom. The smallest absolute Gasteiger partial charge is 0.304 e. The Bertz CT molecular complexity index is 74.2. The topological polar surface area (TPSA) is 18.5 Å². The molecule has 0 aliphatic carbocycles. The van der Waals surface area contributed by atoms with E-state index >= 15 is 0 Å². The first-order chi connectivity index (χ1) is 5.33. The molecule has 0 aliphatic heterocycles. The molecule has 66 valence electrons. The minimum absolute atomic E-state index is 0.589. The quantitative estimate of drug-likeness (QED) is 0.356. The van der Waals surface area contributed by atoms with Gasteiger partial charge >= 0.3 is 10.0 Å². The summed E-state index contributed by atoms with van der Waals surface area (Å²) < 4.78 is 9.98. The van der Waals surface area contributed by atoms with Crippen LogP contribution in [0.15, 0.2) is 25.3 Å². The van der Waals surface area contributed by atoms with Gasteiger partial charge in [0, 0.05) is 13.2 Å². The van der Waals surface area contributed by atoms with Crippen molar-refractivity contribution in [3.63, 3.8) is 0 Å². The summed E-state index contributed by atoms with van der Waals surface area (Å²) in [5, 5.41) is 0. The van der Waals surface area contributed by atoms with Gasteiger partial charge in [-0.1, -0.05) is 25.3 Å². The Kier molecular flexibility index (Phi) is 19.6. The Hall–Kier alpha value is -0.383. The van der Waals surface area contributed by atoms with Gasteiger partial charge in [0.2, 0.25) is 0 Å². The molecule has 2 nitrogen and oxygen atoms in total. The van der Waals surface area contributed by atoms with E-state index in [4.69, 9.17) is 8.85 Å². The average Bonchev–Trinajstić information content (AvgIpc) is 2.06. The van der Waals surface area contributed by atoms with Gasteiger partial charge in [-0.3, -0.25) is 0 Å². The Labute approximate surface area is 72.0 Å². The molecule has 0 rings (SSSR count). The fourth-order valence-corrected chi connectivity index (χ4v) is 0.677. The van der Waals surface area contributed by atoms with Crippen LogP contribution in [0.3, 0.4) is 0 Å². The van der Waals surface area contributed by atoms with Crippen molar-refractivity contribution in [3.8, 4) is 0 Å². The molecule has 0 N–H and O–H groups in total. The van der Waals surface area contributed by atoms with E-state index in [1.807, 2.05) is 13.8 Å². The summed E-state index contributed by atoms with van der Waals surface area (Å²) in [7, 11) is -0.589. The number of rotatable bonds is 5. The van der Waals surface area contributed by atoms with E-state index in [2.05, 4.69) is 13.2 Å². The van der Waals surface area contributed by atoms with Gasteiger partial charge in [-0.25, -0.2) is 0 Å². The number of allylic oxidation sites excluding steroid dienone is 2. The molecule has 0 fully saturated rings. The Morgan fingerprint density at radius 1 is 1.09 bits per heavy atom. The maximum absolute atomic E-state index is 4.99. The molecule has 0 bridgehead atoms. The zero-order chi connectivity index (χ0) is 8.95. The van der Waals surface area contributed by atoms with E-state index in [1.54, 1.807) is 12.2 Å². The molecule has 0 spiro atoms.